The number of pyridine rings is 1. The standard InChI is InChI=1S/C12H17BrN4O2/c1-12(2)8-16(5-4-15(12)3)11-10(17(18)19)6-9(13)7-14-11/h6-7H,4-5,8H2,1-3H3. The van der Waals surface area contributed by atoms with Gasteiger partial charge in [0.15, 0.2) is 0 Å². The molecule has 7 heteroatoms. The van der Waals surface area contributed by atoms with Gasteiger partial charge in [-0.05, 0) is 36.8 Å². The van der Waals surface area contributed by atoms with Crippen molar-refractivity contribution in [3.63, 3.8) is 0 Å². The fourth-order valence-electron chi connectivity index (χ4n) is 2.22. The lowest BCUT2D eigenvalue weighted by atomic mass is 10.00. The third kappa shape index (κ3) is 2.87. The Labute approximate surface area is 120 Å². The van der Waals surface area contributed by atoms with Crippen LogP contribution in [0.4, 0.5) is 11.5 Å². The van der Waals surface area contributed by atoms with Gasteiger partial charge in [-0.15, -0.1) is 0 Å². The van der Waals surface area contributed by atoms with Crippen molar-refractivity contribution in [1.82, 2.24) is 9.88 Å². The van der Waals surface area contributed by atoms with E-state index in [1.807, 2.05) is 4.90 Å². The Morgan fingerprint density at radius 2 is 2.16 bits per heavy atom. The minimum Gasteiger partial charge on any atom is -0.348 e. The molecule has 6 nitrogen and oxygen atoms in total. The second-order valence-corrected chi connectivity index (χ2v) is 6.32. The summed E-state index contributed by atoms with van der Waals surface area (Å²) in [5.74, 6) is 0.453. The molecule has 1 fully saturated rings. The van der Waals surface area contributed by atoms with E-state index in [0.717, 1.165) is 19.6 Å². The molecule has 0 bridgehead atoms. The first-order chi connectivity index (χ1) is 8.81. The molecule has 104 valence electrons. The molecule has 0 atom stereocenters. The summed E-state index contributed by atoms with van der Waals surface area (Å²) >= 11 is 3.23. The quantitative estimate of drug-likeness (QED) is 0.615. The maximum atomic E-state index is 11.1. The average molecular weight is 329 g/mol. The van der Waals surface area contributed by atoms with Crippen LogP contribution in [0.1, 0.15) is 13.8 Å². The predicted molar refractivity (Wildman–Crippen MR) is 77.5 cm³/mol. The van der Waals surface area contributed by atoms with Gasteiger partial charge >= 0.3 is 5.69 Å². The Morgan fingerprint density at radius 3 is 2.74 bits per heavy atom. The van der Waals surface area contributed by atoms with Crippen LogP contribution < -0.4 is 4.90 Å². The molecule has 1 aliphatic heterocycles. The number of aromatic nitrogens is 1. The molecule has 0 aromatic carbocycles. The van der Waals surface area contributed by atoms with Crippen molar-refractivity contribution in [2.24, 2.45) is 0 Å². The van der Waals surface area contributed by atoms with E-state index in [2.05, 4.69) is 46.7 Å². The molecule has 1 aromatic heterocycles. The fourth-order valence-corrected chi connectivity index (χ4v) is 2.54. The van der Waals surface area contributed by atoms with Gasteiger partial charge < -0.3 is 4.90 Å². The van der Waals surface area contributed by atoms with Crippen molar-refractivity contribution in [1.29, 1.82) is 0 Å². The number of nitro groups is 1. The van der Waals surface area contributed by atoms with E-state index in [4.69, 9.17) is 0 Å². The summed E-state index contributed by atoms with van der Waals surface area (Å²) in [6.07, 6.45) is 1.60. The lowest BCUT2D eigenvalue weighted by Crippen LogP contribution is -2.58. The third-order valence-corrected chi connectivity index (χ3v) is 4.06. The lowest BCUT2D eigenvalue weighted by molar-refractivity contribution is -0.384. The second-order valence-electron chi connectivity index (χ2n) is 5.41. The Morgan fingerprint density at radius 1 is 1.47 bits per heavy atom. The van der Waals surface area contributed by atoms with Gasteiger partial charge in [-0.1, -0.05) is 0 Å². The number of piperazine rings is 1. The van der Waals surface area contributed by atoms with Crippen molar-refractivity contribution in [3.8, 4) is 0 Å². The molecule has 1 aromatic rings. The minimum absolute atomic E-state index is 0.0269. The van der Waals surface area contributed by atoms with Crippen LogP contribution in [0.2, 0.25) is 0 Å². The highest BCUT2D eigenvalue weighted by Crippen LogP contribution is 2.31. The number of hydrogen-bond acceptors (Lipinski definition) is 5. The van der Waals surface area contributed by atoms with E-state index in [0.29, 0.717) is 10.3 Å². The Bertz CT molecular complexity index is 507. The zero-order valence-electron chi connectivity index (χ0n) is 11.3. The molecular formula is C12H17BrN4O2. The molecule has 0 aliphatic carbocycles. The summed E-state index contributed by atoms with van der Waals surface area (Å²) in [4.78, 5) is 19.3. The van der Waals surface area contributed by atoms with Crippen molar-refractivity contribution >= 4 is 27.4 Å². The number of likely N-dealkylation sites (N-methyl/N-ethyl adjacent to an activating group) is 1. The zero-order chi connectivity index (χ0) is 14.2. The van der Waals surface area contributed by atoms with E-state index in [1.54, 1.807) is 6.20 Å². The largest absolute Gasteiger partial charge is 0.348 e. The molecule has 19 heavy (non-hydrogen) atoms. The molecule has 1 saturated heterocycles. The average Bonchev–Trinajstić information content (AvgIpc) is 2.32. The predicted octanol–water partition coefficient (Wildman–Crippen LogP) is 2.28. The van der Waals surface area contributed by atoms with Crippen LogP contribution in [-0.2, 0) is 0 Å². The summed E-state index contributed by atoms with van der Waals surface area (Å²) in [6.45, 7) is 6.59. The summed E-state index contributed by atoms with van der Waals surface area (Å²) in [5.41, 5.74) is 0.0238. The van der Waals surface area contributed by atoms with Crippen molar-refractivity contribution in [2.45, 2.75) is 19.4 Å². The first kappa shape index (κ1) is 14.2. The van der Waals surface area contributed by atoms with Gasteiger partial charge in [0, 0.05) is 41.9 Å². The number of halogens is 1. The summed E-state index contributed by atoms with van der Waals surface area (Å²) in [7, 11) is 2.07. The summed E-state index contributed by atoms with van der Waals surface area (Å²) < 4.78 is 0.622. The van der Waals surface area contributed by atoms with Crippen molar-refractivity contribution in [2.75, 3.05) is 31.6 Å². The SMILES string of the molecule is CN1CCN(c2ncc(Br)cc2[N+](=O)[O-])CC1(C)C. The lowest BCUT2D eigenvalue weighted by Gasteiger charge is -2.45. The van der Waals surface area contributed by atoms with E-state index < -0.39 is 0 Å². The van der Waals surface area contributed by atoms with Gasteiger partial charge in [0.05, 0.1) is 4.92 Å². The monoisotopic (exact) mass is 328 g/mol. The number of hydrogen-bond donors (Lipinski definition) is 0. The summed E-state index contributed by atoms with van der Waals surface area (Å²) in [6, 6.07) is 1.51. The van der Waals surface area contributed by atoms with Crippen LogP contribution in [-0.4, -0.2) is 47.0 Å². The van der Waals surface area contributed by atoms with E-state index >= 15 is 0 Å². The van der Waals surface area contributed by atoms with Gasteiger partial charge in [-0.3, -0.25) is 15.0 Å². The normalized spacial score (nSPS) is 19.5. The third-order valence-electron chi connectivity index (χ3n) is 3.63. The molecule has 0 radical (unpaired) electrons. The van der Waals surface area contributed by atoms with Crippen LogP contribution in [0.5, 0.6) is 0 Å². The highest BCUT2D eigenvalue weighted by molar-refractivity contribution is 9.10. The van der Waals surface area contributed by atoms with Gasteiger partial charge in [0.2, 0.25) is 5.82 Å². The van der Waals surface area contributed by atoms with Crippen LogP contribution >= 0.6 is 15.9 Å². The molecular weight excluding hydrogens is 312 g/mol. The fraction of sp³-hybridized carbons (Fsp3) is 0.583. The van der Waals surface area contributed by atoms with Gasteiger partial charge in [-0.2, -0.15) is 0 Å². The smallest absolute Gasteiger partial charge is 0.312 e. The Balaban J connectivity index is 2.35. The molecule has 2 rings (SSSR count). The Kier molecular flexibility index (Phi) is 3.78. The van der Waals surface area contributed by atoms with Crippen molar-refractivity contribution in [3.05, 3.63) is 26.9 Å². The van der Waals surface area contributed by atoms with Crippen LogP contribution in [0, 0.1) is 10.1 Å². The van der Waals surface area contributed by atoms with Crippen LogP contribution in [0.15, 0.2) is 16.7 Å². The van der Waals surface area contributed by atoms with Gasteiger partial charge in [0.25, 0.3) is 0 Å². The minimum atomic E-state index is -0.377. The first-order valence-electron chi connectivity index (χ1n) is 6.07. The molecule has 0 amide bonds. The van der Waals surface area contributed by atoms with Gasteiger partial charge in [0.1, 0.15) is 0 Å². The molecule has 0 unspecified atom stereocenters. The highest BCUT2D eigenvalue weighted by atomic mass is 79.9. The number of rotatable bonds is 2. The second kappa shape index (κ2) is 5.05. The highest BCUT2D eigenvalue weighted by Gasteiger charge is 2.34. The van der Waals surface area contributed by atoms with Crippen LogP contribution in [0.3, 0.4) is 0 Å². The molecule has 0 spiro atoms. The van der Waals surface area contributed by atoms with E-state index in [1.165, 1.54) is 6.07 Å². The maximum Gasteiger partial charge on any atom is 0.312 e. The maximum absolute atomic E-state index is 11.1. The number of anilines is 1. The molecule has 0 saturated carbocycles. The molecule has 2 heterocycles. The van der Waals surface area contributed by atoms with E-state index in [9.17, 15) is 10.1 Å². The van der Waals surface area contributed by atoms with Crippen molar-refractivity contribution < 1.29 is 4.92 Å². The van der Waals surface area contributed by atoms with E-state index in [-0.39, 0.29) is 16.1 Å². The van der Waals surface area contributed by atoms with Crippen LogP contribution in [0.25, 0.3) is 0 Å². The molecule has 1 aliphatic rings. The number of nitrogens with zero attached hydrogens (tertiary/aromatic N) is 4. The summed E-state index contributed by atoms with van der Waals surface area (Å²) in [5, 5.41) is 11.1. The zero-order valence-corrected chi connectivity index (χ0v) is 12.8. The Hall–Kier alpha value is -1.21. The first-order valence-corrected chi connectivity index (χ1v) is 6.87. The van der Waals surface area contributed by atoms with Gasteiger partial charge in [-0.25, -0.2) is 4.98 Å². The molecule has 0 N–H and O–H groups in total. The topological polar surface area (TPSA) is 62.5 Å².